The van der Waals surface area contributed by atoms with Gasteiger partial charge in [-0.25, -0.2) is 4.68 Å². The maximum absolute atomic E-state index is 13.1. The number of fused-ring (bicyclic) bond motifs is 2. The van der Waals surface area contributed by atoms with Crippen LogP contribution in [0.15, 0.2) is 60.7 Å². The highest BCUT2D eigenvalue weighted by Gasteiger charge is 2.26. The molecule has 0 saturated carbocycles. The fourth-order valence-electron chi connectivity index (χ4n) is 4.46. The lowest BCUT2D eigenvalue weighted by molar-refractivity contribution is -0.139. The summed E-state index contributed by atoms with van der Waals surface area (Å²) in [5.74, 6) is 0.414. The van der Waals surface area contributed by atoms with Crippen LogP contribution in [0.1, 0.15) is 29.3 Å². The second kappa shape index (κ2) is 8.11. The smallest absolute Gasteiger partial charge is 0.263 e. The van der Waals surface area contributed by atoms with Crippen LogP contribution in [0.25, 0.3) is 16.7 Å². The van der Waals surface area contributed by atoms with E-state index in [1.165, 1.54) is 11.1 Å². The number of hydrogen-bond donors (Lipinski definition) is 0. The molecule has 0 spiro atoms. The van der Waals surface area contributed by atoms with Gasteiger partial charge in [-0.1, -0.05) is 42.5 Å². The van der Waals surface area contributed by atoms with Crippen molar-refractivity contribution < 1.29 is 9.53 Å². The lowest BCUT2D eigenvalue weighted by Gasteiger charge is -2.30. The van der Waals surface area contributed by atoms with E-state index in [1.54, 1.807) is 6.92 Å². The molecule has 1 atom stereocenters. The quantitative estimate of drug-likeness (QED) is 0.486. The van der Waals surface area contributed by atoms with Crippen LogP contribution < -0.4 is 4.74 Å². The Bertz CT molecular complexity index is 1300. The van der Waals surface area contributed by atoms with E-state index < -0.39 is 6.10 Å². The molecule has 0 unspecified atom stereocenters. The van der Waals surface area contributed by atoms with E-state index in [1.807, 2.05) is 72.0 Å². The molecule has 1 aliphatic heterocycles. The summed E-state index contributed by atoms with van der Waals surface area (Å²) in [4.78, 5) is 19.7. The number of amides is 1. The molecule has 0 aliphatic carbocycles. The lowest BCUT2D eigenvalue weighted by Crippen LogP contribution is -2.43. The van der Waals surface area contributed by atoms with E-state index in [4.69, 9.17) is 14.8 Å². The monoisotopic (exact) mass is 426 g/mol. The van der Waals surface area contributed by atoms with E-state index in [0.29, 0.717) is 19.0 Å². The molecule has 6 nitrogen and oxygen atoms in total. The third-order valence-electron chi connectivity index (χ3n) is 6.07. The summed E-state index contributed by atoms with van der Waals surface area (Å²) in [6.07, 6.45) is 0.242. The molecular weight excluding hydrogens is 400 g/mol. The van der Waals surface area contributed by atoms with E-state index in [2.05, 4.69) is 12.1 Å². The fraction of sp³-hybridized carbons (Fsp3) is 0.269. The summed E-state index contributed by atoms with van der Waals surface area (Å²) in [7, 11) is 0. The Hall–Kier alpha value is -3.67. The standard InChI is InChI=1S/C26H26N4O2/c1-17-15-23(27-25-24(17)18(2)28-30(25)22-11-5-4-6-12-22)32-19(3)26(31)29-14-13-20-9-7-8-10-21(20)16-29/h4-12,15,19H,13-14,16H2,1-3H3/t19-/m0/s1. The topological polar surface area (TPSA) is 60.2 Å². The number of para-hydroxylation sites is 1. The normalized spacial score (nSPS) is 14.3. The van der Waals surface area contributed by atoms with Crippen LogP contribution in [0.3, 0.4) is 0 Å². The van der Waals surface area contributed by atoms with E-state index in [0.717, 1.165) is 34.4 Å². The van der Waals surface area contributed by atoms with Gasteiger partial charge in [0.05, 0.1) is 11.4 Å². The summed E-state index contributed by atoms with van der Waals surface area (Å²) in [5, 5.41) is 5.70. The Kier molecular flexibility index (Phi) is 5.13. The number of ether oxygens (including phenoxy) is 1. The van der Waals surface area contributed by atoms with Crippen molar-refractivity contribution in [2.75, 3.05) is 6.54 Å². The van der Waals surface area contributed by atoms with Crippen LogP contribution in [0, 0.1) is 13.8 Å². The van der Waals surface area contributed by atoms with Gasteiger partial charge in [0.25, 0.3) is 5.91 Å². The third kappa shape index (κ3) is 3.62. The zero-order valence-corrected chi connectivity index (χ0v) is 18.6. The van der Waals surface area contributed by atoms with Crippen LogP contribution in [-0.2, 0) is 17.8 Å². The van der Waals surface area contributed by atoms with Gasteiger partial charge in [0.2, 0.25) is 5.88 Å². The number of aromatic nitrogens is 3. The Morgan fingerprint density at radius 2 is 1.75 bits per heavy atom. The molecule has 2 aromatic heterocycles. The highest BCUT2D eigenvalue weighted by molar-refractivity contribution is 5.84. The van der Waals surface area contributed by atoms with Gasteiger partial charge in [-0.15, -0.1) is 0 Å². The molecule has 0 N–H and O–H groups in total. The van der Waals surface area contributed by atoms with Crippen molar-refractivity contribution in [3.05, 3.63) is 83.0 Å². The number of aryl methyl sites for hydroxylation is 2. The van der Waals surface area contributed by atoms with Crippen LogP contribution in [-0.4, -0.2) is 38.2 Å². The molecule has 6 heteroatoms. The lowest BCUT2D eigenvalue weighted by atomic mass is 9.99. The Balaban J connectivity index is 1.41. The summed E-state index contributed by atoms with van der Waals surface area (Å²) in [6.45, 7) is 7.12. The molecule has 4 aromatic rings. The molecule has 1 amide bonds. The number of carbonyl (C=O) groups is 1. The van der Waals surface area contributed by atoms with Crippen molar-refractivity contribution >= 4 is 16.9 Å². The molecule has 162 valence electrons. The first-order valence-corrected chi connectivity index (χ1v) is 11.0. The van der Waals surface area contributed by atoms with Gasteiger partial charge in [0.15, 0.2) is 11.8 Å². The second-order valence-corrected chi connectivity index (χ2v) is 8.35. The summed E-state index contributed by atoms with van der Waals surface area (Å²) >= 11 is 0. The number of carbonyl (C=O) groups excluding carboxylic acids is 1. The maximum Gasteiger partial charge on any atom is 0.263 e. The van der Waals surface area contributed by atoms with Gasteiger partial charge in [0.1, 0.15) is 0 Å². The predicted molar refractivity (Wildman–Crippen MR) is 124 cm³/mol. The molecule has 32 heavy (non-hydrogen) atoms. The fourth-order valence-corrected chi connectivity index (χ4v) is 4.46. The maximum atomic E-state index is 13.1. The first-order chi connectivity index (χ1) is 15.5. The predicted octanol–water partition coefficient (Wildman–Crippen LogP) is 4.39. The highest BCUT2D eigenvalue weighted by atomic mass is 16.5. The number of benzene rings is 2. The van der Waals surface area contributed by atoms with Gasteiger partial charge < -0.3 is 9.64 Å². The van der Waals surface area contributed by atoms with Crippen molar-refractivity contribution in [1.82, 2.24) is 19.7 Å². The third-order valence-corrected chi connectivity index (χ3v) is 6.07. The first kappa shape index (κ1) is 20.2. The molecule has 0 fully saturated rings. The molecule has 0 bridgehead atoms. The Labute approximate surface area is 187 Å². The highest BCUT2D eigenvalue weighted by Crippen LogP contribution is 2.27. The number of rotatable bonds is 4. The summed E-state index contributed by atoms with van der Waals surface area (Å²) < 4.78 is 7.89. The Morgan fingerprint density at radius 3 is 2.53 bits per heavy atom. The zero-order chi connectivity index (χ0) is 22.2. The van der Waals surface area contributed by atoms with Crippen molar-refractivity contribution in [2.24, 2.45) is 0 Å². The second-order valence-electron chi connectivity index (χ2n) is 8.35. The van der Waals surface area contributed by atoms with E-state index >= 15 is 0 Å². The molecule has 5 rings (SSSR count). The average Bonchev–Trinajstić information content (AvgIpc) is 3.15. The van der Waals surface area contributed by atoms with Gasteiger partial charge in [-0.3, -0.25) is 4.79 Å². The average molecular weight is 427 g/mol. The molecule has 0 radical (unpaired) electrons. The van der Waals surface area contributed by atoms with E-state index in [-0.39, 0.29) is 5.91 Å². The minimum Gasteiger partial charge on any atom is -0.464 e. The molecule has 0 saturated heterocycles. The summed E-state index contributed by atoms with van der Waals surface area (Å²) in [6, 6.07) is 20.1. The van der Waals surface area contributed by atoms with E-state index in [9.17, 15) is 4.79 Å². The van der Waals surface area contributed by atoms with Crippen LogP contribution >= 0.6 is 0 Å². The van der Waals surface area contributed by atoms with Crippen molar-refractivity contribution in [2.45, 2.75) is 39.8 Å². The number of pyridine rings is 1. The van der Waals surface area contributed by atoms with Gasteiger partial charge in [0, 0.05) is 24.5 Å². The molecule has 1 aliphatic rings. The number of hydrogen-bond acceptors (Lipinski definition) is 4. The zero-order valence-electron chi connectivity index (χ0n) is 18.6. The molecule has 3 heterocycles. The largest absolute Gasteiger partial charge is 0.464 e. The summed E-state index contributed by atoms with van der Waals surface area (Å²) in [5.41, 5.74) is 6.13. The number of nitrogens with zero attached hydrogens (tertiary/aromatic N) is 4. The van der Waals surface area contributed by atoms with Crippen molar-refractivity contribution in [3.63, 3.8) is 0 Å². The van der Waals surface area contributed by atoms with Gasteiger partial charge in [-0.2, -0.15) is 10.1 Å². The van der Waals surface area contributed by atoms with Gasteiger partial charge in [-0.05, 0) is 56.0 Å². The van der Waals surface area contributed by atoms with Crippen LogP contribution in [0.4, 0.5) is 0 Å². The van der Waals surface area contributed by atoms with Crippen LogP contribution in [0.5, 0.6) is 5.88 Å². The van der Waals surface area contributed by atoms with Crippen molar-refractivity contribution in [1.29, 1.82) is 0 Å². The van der Waals surface area contributed by atoms with Gasteiger partial charge >= 0.3 is 0 Å². The minimum atomic E-state index is -0.626. The SMILES string of the molecule is Cc1cc(O[C@@H](C)C(=O)N2CCc3ccccc3C2)nc2c1c(C)nn2-c1ccccc1. The minimum absolute atomic E-state index is 0.0215. The molecule has 2 aromatic carbocycles. The Morgan fingerprint density at radius 1 is 1.03 bits per heavy atom. The first-order valence-electron chi connectivity index (χ1n) is 11.0. The van der Waals surface area contributed by atoms with Crippen LogP contribution in [0.2, 0.25) is 0 Å². The van der Waals surface area contributed by atoms with Crippen molar-refractivity contribution in [3.8, 4) is 11.6 Å². The molecular formula is C26H26N4O2.